The Hall–Kier alpha value is -0.870. The fourth-order valence-electron chi connectivity index (χ4n) is 0.687. The van der Waals surface area contributed by atoms with E-state index in [4.69, 9.17) is 4.74 Å². The van der Waals surface area contributed by atoms with Crippen LogP contribution in [0.3, 0.4) is 0 Å². The lowest BCUT2D eigenvalue weighted by Crippen LogP contribution is -2.26. The Labute approximate surface area is 75.4 Å². The highest BCUT2D eigenvalue weighted by atomic mass is 32.1. The van der Waals surface area contributed by atoms with Crippen LogP contribution in [0, 0.1) is 0 Å². The number of methoxy groups -OCH3 is 1. The van der Waals surface area contributed by atoms with E-state index in [9.17, 15) is 4.79 Å². The average molecular weight is 185 g/mol. The molecule has 4 heteroatoms. The predicted molar refractivity (Wildman–Crippen MR) is 49.4 cm³/mol. The third-order valence-electron chi connectivity index (χ3n) is 1.51. The molecule has 0 aromatic carbocycles. The maximum absolute atomic E-state index is 11.2. The summed E-state index contributed by atoms with van der Waals surface area (Å²) >= 11 is 1.55. The Morgan fingerprint density at radius 3 is 3.00 bits per heavy atom. The molecular weight excluding hydrogens is 174 g/mol. The first-order valence-electron chi connectivity index (χ1n) is 3.60. The molecule has 0 aliphatic carbocycles. The van der Waals surface area contributed by atoms with Crippen molar-refractivity contribution >= 4 is 22.9 Å². The SMILES string of the molecule is COC(C)C(=O)Nc1ccsc1. The Bertz CT molecular complexity index is 246. The third kappa shape index (κ3) is 2.32. The van der Waals surface area contributed by atoms with Crippen LogP contribution in [0.5, 0.6) is 0 Å². The third-order valence-corrected chi connectivity index (χ3v) is 2.19. The largest absolute Gasteiger partial charge is 0.372 e. The minimum absolute atomic E-state index is 0.115. The van der Waals surface area contributed by atoms with Crippen molar-refractivity contribution < 1.29 is 9.53 Å². The summed E-state index contributed by atoms with van der Waals surface area (Å²) in [5, 5.41) is 6.50. The van der Waals surface area contributed by atoms with Gasteiger partial charge in [0.1, 0.15) is 6.10 Å². The van der Waals surface area contributed by atoms with Gasteiger partial charge >= 0.3 is 0 Å². The first-order chi connectivity index (χ1) is 5.74. The number of amides is 1. The standard InChI is InChI=1S/C8H11NO2S/c1-6(11-2)8(10)9-7-3-4-12-5-7/h3-6H,1-2H3,(H,9,10). The minimum Gasteiger partial charge on any atom is -0.372 e. The van der Waals surface area contributed by atoms with E-state index in [0.717, 1.165) is 5.69 Å². The molecule has 0 radical (unpaired) electrons. The smallest absolute Gasteiger partial charge is 0.253 e. The summed E-state index contributed by atoms with van der Waals surface area (Å²) in [6.45, 7) is 1.71. The molecule has 1 rings (SSSR count). The van der Waals surface area contributed by atoms with Crippen LogP contribution in [-0.2, 0) is 9.53 Å². The number of rotatable bonds is 3. The molecule has 1 atom stereocenters. The van der Waals surface area contributed by atoms with E-state index in [2.05, 4.69) is 5.32 Å². The number of hydrogen-bond acceptors (Lipinski definition) is 3. The molecule has 1 heterocycles. The van der Waals surface area contributed by atoms with Gasteiger partial charge in [-0.3, -0.25) is 4.79 Å². The van der Waals surface area contributed by atoms with Crippen LogP contribution in [-0.4, -0.2) is 19.1 Å². The lowest BCUT2D eigenvalue weighted by Gasteiger charge is -2.08. The number of anilines is 1. The predicted octanol–water partition coefficient (Wildman–Crippen LogP) is 1.72. The van der Waals surface area contributed by atoms with Crippen LogP contribution in [0.4, 0.5) is 5.69 Å². The van der Waals surface area contributed by atoms with E-state index >= 15 is 0 Å². The second kappa shape index (κ2) is 4.23. The van der Waals surface area contributed by atoms with Crippen molar-refractivity contribution in [3.63, 3.8) is 0 Å². The van der Waals surface area contributed by atoms with Crippen LogP contribution in [0.25, 0.3) is 0 Å². The van der Waals surface area contributed by atoms with Gasteiger partial charge in [0.05, 0.1) is 5.69 Å². The second-order valence-corrected chi connectivity index (χ2v) is 3.16. The zero-order valence-electron chi connectivity index (χ0n) is 7.03. The van der Waals surface area contributed by atoms with E-state index < -0.39 is 6.10 Å². The number of hydrogen-bond donors (Lipinski definition) is 1. The average Bonchev–Trinajstić information content (AvgIpc) is 2.55. The van der Waals surface area contributed by atoms with E-state index in [1.165, 1.54) is 7.11 Å². The van der Waals surface area contributed by atoms with E-state index in [1.807, 2.05) is 16.8 Å². The highest BCUT2D eigenvalue weighted by Gasteiger charge is 2.10. The lowest BCUT2D eigenvalue weighted by molar-refractivity contribution is -0.124. The van der Waals surface area contributed by atoms with Crippen molar-refractivity contribution in [2.45, 2.75) is 13.0 Å². The Morgan fingerprint density at radius 1 is 1.75 bits per heavy atom. The van der Waals surface area contributed by atoms with Gasteiger partial charge in [0.15, 0.2) is 0 Å². The second-order valence-electron chi connectivity index (χ2n) is 2.38. The van der Waals surface area contributed by atoms with Crippen molar-refractivity contribution in [3.8, 4) is 0 Å². The normalized spacial score (nSPS) is 12.5. The summed E-state index contributed by atoms with van der Waals surface area (Å²) in [5.41, 5.74) is 0.828. The molecule has 12 heavy (non-hydrogen) atoms. The highest BCUT2D eigenvalue weighted by molar-refractivity contribution is 7.08. The van der Waals surface area contributed by atoms with Crippen molar-refractivity contribution in [1.29, 1.82) is 0 Å². The van der Waals surface area contributed by atoms with Crippen molar-refractivity contribution in [3.05, 3.63) is 16.8 Å². The molecule has 0 spiro atoms. The van der Waals surface area contributed by atoms with Crippen LogP contribution >= 0.6 is 11.3 Å². The van der Waals surface area contributed by atoms with Gasteiger partial charge in [-0.2, -0.15) is 11.3 Å². The van der Waals surface area contributed by atoms with Crippen LogP contribution < -0.4 is 5.32 Å². The van der Waals surface area contributed by atoms with Gasteiger partial charge in [-0.05, 0) is 18.4 Å². The monoisotopic (exact) mass is 185 g/mol. The fourth-order valence-corrected chi connectivity index (χ4v) is 1.27. The Balaban J connectivity index is 2.47. The molecular formula is C8H11NO2S. The van der Waals surface area contributed by atoms with E-state index in [0.29, 0.717) is 0 Å². The molecule has 0 fully saturated rings. The van der Waals surface area contributed by atoms with E-state index in [-0.39, 0.29) is 5.91 Å². The fraction of sp³-hybridized carbons (Fsp3) is 0.375. The molecule has 0 saturated carbocycles. The molecule has 1 amide bonds. The molecule has 0 saturated heterocycles. The molecule has 1 unspecified atom stereocenters. The zero-order chi connectivity index (χ0) is 8.97. The number of carbonyl (C=O) groups excluding carboxylic acids is 1. The Morgan fingerprint density at radius 2 is 2.50 bits per heavy atom. The molecule has 0 bridgehead atoms. The molecule has 1 aromatic heterocycles. The maximum atomic E-state index is 11.2. The summed E-state index contributed by atoms with van der Waals surface area (Å²) in [5.74, 6) is -0.115. The first-order valence-corrected chi connectivity index (χ1v) is 4.54. The quantitative estimate of drug-likeness (QED) is 0.778. The lowest BCUT2D eigenvalue weighted by atomic mass is 10.3. The molecule has 1 aromatic rings. The van der Waals surface area contributed by atoms with Gasteiger partial charge in [-0.15, -0.1) is 0 Å². The Kier molecular flexibility index (Phi) is 3.25. The molecule has 0 aliphatic heterocycles. The molecule has 0 aliphatic rings. The summed E-state index contributed by atoms with van der Waals surface area (Å²) in [4.78, 5) is 11.2. The summed E-state index contributed by atoms with van der Waals surface area (Å²) in [6, 6.07) is 1.85. The van der Waals surface area contributed by atoms with Gasteiger partial charge in [0.2, 0.25) is 0 Å². The zero-order valence-corrected chi connectivity index (χ0v) is 7.85. The van der Waals surface area contributed by atoms with Crippen molar-refractivity contribution in [1.82, 2.24) is 0 Å². The van der Waals surface area contributed by atoms with Gasteiger partial charge in [-0.1, -0.05) is 0 Å². The number of thiophene rings is 1. The van der Waals surface area contributed by atoms with Gasteiger partial charge in [0, 0.05) is 12.5 Å². The summed E-state index contributed by atoms with van der Waals surface area (Å²) in [6.07, 6.45) is -0.398. The maximum Gasteiger partial charge on any atom is 0.253 e. The number of carbonyl (C=O) groups is 1. The molecule has 1 N–H and O–H groups in total. The van der Waals surface area contributed by atoms with Crippen LogP contribution in [0.15, 0.2) is 16.8 Å². The number of nitrogens with one attached hydrogen (secondary N) is 1. The topological polar surface area (TPSA) is 38.3 Å². The summed E-state index contributed by atoms with van der Waals surface area (Å²) in [7, 11) is 1.51. The van der Waals surface area contributed by atoms with Crippen molar-refractivity contribution in [2.24, 2.45) is 0 Å². The van der Waals surface area contributed by atoms with Gasteiger partial charge < -0.3 is 10.1 Å². The van der Waals surface area contributed by atoms with Gasteiger partial charge in [0.25, 0.3) is 5.91 Å². The van der Waals surface area contributed by atoms with Gasteiger partial charge in [-0.25, -0.2) is 0 Å². The van der Waals surface area contributed by atoms with E-state index in [1.54, 1.807) is 18.3 Å². The molecule has 3 nitrogen and oxygen atoms in total. The summed E-state index contributed by atoms with van der Waals surface area (Å²) < 4.78 is 4.85. The van der Waals surface area contributed by atoms with Crippen LogP contribution in [0.1, 0.15) is 6.92 Å². The molecule has 66 valence electrons. The highest BCUT2D eigenvalue weighted by Crippen LogP contribution is 2.12. The minimum atomic E-state index is -0.398. The first kappa shape index (κ1) is 9.22. The van der Waals surface area contributed by atoms with Crippen molar-refractivity contribution in [2.75, 3.05) is 12.4 Å². The van der Waals surface area contributed by atoms with Crippen LogP contribution in [0.2, 0.25) is 0 Å². The number of ether oxygens (including phenoxy) is 1.